The van der Waals surface area contributed by atoms with Crippen LogP contribution in [0.4, 0.5) is 0 Å². The molecule has 0 aromatic carbocycles. The van der Waals surface area contributed by atoms with Crippen LogP contribution in [-0.2, 0) is 0 Å². The summed E-state index contributed by atoms with van der Waals surface area (Å²) < 4.78 is 0. The molecule has 1 aliphatic rings. The Morgan fingerprint density at radius 3 is 2.86 bits per heavy atom. The summed E-state index contributed by atoms with van der Waals surface area (Å²) >= 11 is 0. The highest BCUT2D eigenvalue weighted by Crippen LogP contribution is 1.92. The normalized spacial score (nSPS) is 31.3. The third-order valence-corrected chi connectivity index (χ3v) is 1.65. The Hall–Kier alpha value is -0.0800. The molecule has 1 saturated heterocycles. The van der Waals surface area contributed by atoms with Crippen molar-refractivity contribution in [1.29, 1.82) is 0 Å². The van der Waals surface area contributed by atoms with Crippen LogP contribution in [0.15, 0.2) is 0 Å². The maximum absolute atomic E-state index is 3.84. The highest BCUT2D eigenvalue weighted by atomic mass is 15.0. The lowest BCUT2D eigenvalue weighted by molar-refractivity contribution is -0.686. The first-order chi connectivity index (χ1) is 3.43. The summed E-state index contributed by atoms with van der Waals surface area (Å²) in [7, 11) is 0. The third-order valence-electron chi connectivity index (χ3n) is 1.65. The van der Waals surface area contributed by atoms with Gasteiger partial charge in [-0.3, -0.25) is 0 Å². The van der Waals surface area contributed by atoms with E-state index in [0.29, 0.717) is 0 Å². The minimum absolute atomic E-state index is 0.861. The van der Waals surface area contributed by atoms with Gasteiger partial charge in [0.25, 0.3) is 0 Å². The summed E-state index contributed by atoms with van der Waals surface area (Å²) in [5.74, 6) is 0. The fourth-order valence-electron chi connectivity index (χ4n) is 1.11. The van der Waals surface area contributed by atoms with Gasteiger partial charge in [-0.15, -0.1) is 0 Å². The van der Waals surface area contributed by atoms with Crippen LogP contribution in [0.25, 0.3) is 0 Å². The number of hydrogen-bond donors (Lipinski definition) is 2. The first-order valence-corrected chi connectivity index (χ1v) is 3.06. The zero-order valence-corrected chi connectivity index (χ0v) is 4.69. The standard InChI is InChI=1S/C5H12N2/c6-4-5-2-1-3-7-5/h5,7H,1-4,6H2/p+2/t5-/m0/s1. The fourth-order valence-corrected chi connectivity index (χ4v) is 1.11. The van der Waals surface area contributed by atoms with E-state index in [1.165, 1.54) is 19.4 Å². The van der Waals surface area contributed by atoms with Gasteiger partial charge in [0.15, 0.2) is 0 Å². The van der Waals surface area contributed by atoms with Crippen molar-refractivity contribution in [2.24, 2.45) is 0 Å². The molecule has 5 N–H and O–H groups in total. The van der Waals surface area contributed by atoms with Gasteiger partial charge in [0.05, 0.1) is 6.54 Å². The topological polar surface area (TPSA) is 44.2 Å². The maximum atomic E-state index is 3.84. The predicted molar refractivity (Wildman–Crippen MR) is 27.6 cm³/mol. The molecule has 2 heteroatoms. The van der Waals surface area contributed by atoms with Crippen molar-refractivity contribution >= 4 is 0 Å². The Morgan fingerprint density at radius 2 is 2.57 bits per heavy atom. The summed E-state index contributed by atoms with van der Waals surface area (Å²) in [6, 6.07) is 0.861. The molecule has 1 aliphatic heterocycles. The molecule has 2 nitrogen and oxygen atoms in total. The average Bonchev–Trinajstić information content (AvgIpc) is 2.14. The van der Waals surface area contributed by atoms with Gasteiger partial charge in [0, 0.05) is 12.8 Å². The number of nitrogens with two attached hydrogens (primary N) is 1. The van der Waals surface area contributed by atoms with Crippen LogP contribution in [0.3, 0.4) is 0 Å². The Balaban J connectivity index is 2.14. The zero-order chi connectivity index (χ0) is 5.11. The molecule has 0 saturated carbocycles. The summed E-state index contributed by atoms with van der Waals surface area (Å²) in [5, 5.41) is 2.40. The van der Waals surface area contributed by atoms with Crippen molar-refractivity contribution in [1.82, 2.24) is 0 Å². The highest BCUT2D eigenvalue weighted by molar-refractivity contribution is 4.55. The van der Waals surface area contributed by atoms with Crippen LogP contribution in [0.2, 0.25) is 0 Å². The average molecular weight is 102 g/mol. The molecule has 42 valence electrons. The van der Waals surface area contributed by atoms with Gasteiger partial charge in [-0.25, -0.2) is 0 Å². The van der Waals surface area contributed by atoms with Gasteiger partial charge >= 0.3 is 0 Å². The van der Waals surface area contributed by atoms with E-state index in [1.807, 2.05) is 0 Å². The summed E-state index contributed by atoms with van der Waals surface area (Å²) in [6.45, 7) is 2.44. The smallest absolute Gasteiger partial charge is 0.135 e. The second-order valence-corrected chi connectivity index (χ2v) is 2.22. The van der Waals surface area contributed by atoms with Crippen LogP contribution in [0.1, 0.15) is 12.8 Å². The predicted octanol–water partition coefficient (Wildman–Crippen LogP) is -2.05. The maximum Gasteiger partial charge on any atom is 0.135 e. The Morgan fingerprint density at radius 1 is 1.71 bits per heavy atom. The molecule has 1 fully saturated rings. The van der Waals surface area contributed by atoms with Crippen molar-refractivity contribution in [2.45, 2.75) is 18.9 Å². The van der Waals surface area contributed by atoms with Crippen molar-refractivity contribution in [2.75, 3.05) is 13.1 Å². The Labute approximate surface area is 44.1 Å². The highest BCUT2D eigenvalue weighted by Gasteiger charge is 2.16. The molecule has 0 unspecified atom stereocenters. The summed E-state index contributed by atoms with van der Waals surface area (Å²) in [4.78, 5) is 0. The Kier molecular flexibility index (Phi) is 1.65. The first-order valence-electron chi connectivity index (χ1n) is 3.06. The van der Waals surface area contributed by atoms with Gasteiger partial charge in [-0.2, -0.15) is 0 Å². The molecule has 1 rings (SSSR count). The van der Waals surface area contributed by atoms with E-state index < -0.39 is 0 Å². The van der Waals surface area contributed by atoms with Crippen molar-refractivity contribution < 1.29 is 11.1 Å². The molecule has 1 atom stereocenters. The van der Waals surface area contributed by atoms with Gasteiger partial charge in [0.1, 0.15) is 12.6 Å². The van der Waals surface area contributed by atoms with Gasteiger partial charge in [-0.05, 0) is 0 Å². The first kappa shape index (κ1) is 5.06. The van der Waals surface area contributed by atoms with E-state index in [2.05, 4.69) is 11.1 Å². The van der Waals surface area contributed by atoms with E-state index in [9.17, 15) is 0 Å². The van der Waals surface area contributed by atoms with Crippen LogP contribution in [-0.4, -0.2) is 19.1 Å². The quantitative estimate of drug-likeness (QED) is 0.383. The van der Waals surface area contributed by atoms with E-state index in [4.69, 9.17) is 0 Å². The van der Waals surface area contributed by atoms with Crippen LogP contribution in [0.5, 0.6) is 0 Å². The van der Waals surface area contributed by atoms with E-state index >= 15 is 0 Å². The molecule has 1 heterocycles. The molecule has 0 radical (unpaired) electrons. The number of hydrogen-bond acceptors (Lipinski definition) is 0. The van der Waals surface area contributed by atoms with E-state index in [0.717, 1.165) is 12.6 Å². The van der Waals surface area contributed by atoms with Gasteiger partial charge < -0.3 is 11.1 Å². The van der Waals surface area contributed by atoms with Crippen LogP contribution >= 0.6 is 0 Å². The van der Waals surface area contributed by atoms with E-state index in [-0.39, 0.29) is 0 Å². The van der Waals surface area contributed by atoms with E-state index in [1.54, 1.807) is 0 Å². The van der Waals surface area contributed by atoms with Gasteiger partial charge in [0.2, 0.25) is 0 Å². The monoisotopic (exact) mass is 102 g/mol. The van der Waals surface area contributed by atoms with Crippen molar-refractivity contribution in [3.8, 4) is 0 Å². The molecular weight excluding hydrogens is 88.1 g/mol. The zero-order valence-electron chi connectivity index (χ0n) is 4.69. The second kappa shape index (κ2) is 2.28. The van der Waals surface area contributed by atoms with Crippen LogP contribution in [0, 0.1) is 0 Å². The minimum Gasteiger partial charge on any atom is -0.353 e. The van der Waals surface area contributed by atoms with Gasteiger partial charge in [-0.1, -0.05) is 0 Å². The lowest BCUT2D eigenvalue weighted by atomic mass is 10.2. The number of quaternary nitrogens is 2. The molecule has 0 spiro atoms. The fraction of sp³-hybridized carbons (Fsp3) is 1.00. The Bertz CT molecular complexity index is 48.0. The molecule has 0 aromatic heterocycles. The van der Waals surface area contributed by atoms with Crippen molar-refractivity contribution in [3.63, 3.8) is 0 Å². The third kappa shape index (κ3) is 1.14. The molecule has 0 amide bonds. The molecule has 0 aliphatic carbocycles. The molecule has 0 aromatic rings. The van der Waals surface area contributed by atoms with Crippen molar-refractivity contribution in [3.05, 3.63) is 0 Å². The molecule has 7 heavy (non-hydrogen) atoms. The lowest BCUT2D eigenvalue weighted by Crippen LogP contribution is -2.90. The summed E-state index contributed by atoms with van der Waals surface area (Å²) in [6.07, 6.45) is 2.80. The largest absolute Gasteiger partial charge is 0.353 e. The number of rotatable bonds is 1. The minimum atomic E-state index is 0.861. The van der Waals surface area contributed by atoms with Crippen LogP contribution < -0.4 is 11.1 Å². The SMILES string of the molecule is [NH3+]C[C@@H]1CCC[NH2+]1. The summed E-state index contributed by atoms with van der Waals surface area (Å²) in [5.41, 5.74) is 3.84. The second-order valence-electron chi connectivity index (χ2n) is 2.22. The molecule has 0 bridgehead atoms. The lowest BCUT2D eigenvalue weighted by Gasteiger charge is -1.95. The molecular formula is C5H14N2+2.